The lowest BCUT2D eigenvalue weighted by molar-refractivity contribution is -0.120. The number of benzene rings is 1. The van der Waals surface area contributed by atoms with Crippen molar-refractivity contribution in [3.8, 4) is 5.75 Å². The Labute approximate surface area is 176 Å². The molecule has 0 saturated carbocycles. The number of carbonyl (C=O) groups is 1. The Bertz CT molecular complexity index is 1020. The number of anilines is 2. The number of rotatable bonds is 8. The fourth-order valence-electron chi connectivity index (χ4n) is 3.09. The first-order chi connectivity index (χ1) is 14.0. The summed E-state index contributed by atoms with van der Waals surface area (Å²) in [4.78, 5) is 41.5. The summed E-state index contributed by atoms with van der Waals surface area (Å²) < 4.78 is 6.97. The topological polar surface area (TPSA) is 110 Å². The van der Waals surface area contributed by atoms with Gasteiger partial charge in [0.15, 0.2) is 12.3 Å². The highest BCUT2D eigenvalue weighted by molar-refractivity contribution is 5.96. The quantitative estimate of drug-likeness (QED) is 0.687. The number of carbonyl (C=O) groups excluding carboxylic acids is 1. The minimum absolute atomic E-state index is 0.0161. The van der Waals surface area contributed by atoms with E-state index in [0.717, 1.165) is 11.1 Å². The van der Waals surface area contributed by atoms with Crippen molar-refractivity contribution in [3.63, 3.8) is 0 Å². The molecule has 1 amide bonds. The van der Waals surface area contributed by atoms with Crippen molar-refractivity contribution >= 4 is 17.4 Å². The average molecular weight is 417 g/mol. The van der Waals surface area contributed by atoms with Crippen LogP contribution in [0.3, 0.4) is 0 Å². The third kappa shape index (κ3) is 5.52. The molecule has 0 fully saturated rings. The molecule has 3 N–H and O–H groups in total. The molecule has 1 heterocycles. The monoisotopic (exact) mass is 416 g/mol. The lowest BCUT2D eigenvalue weighted by atomic mass is 10.1. The molecule has 2 rings (SSSR count). The maximum absolute atomic E-state index is 13.0. The van der Waals surface area contributed by atoms with E-state index in [4.69, 9.17) is 10.5 Å². The molecule has 1 aromatic heterocycles. The van der Waals surface area contributed by atoms with E-state index in [0.29, 0.717) is 12.3 Å². The van der Waals surface area contributed by atoms with Crippen LogP contribution in [0.25, 0.3) is 0 Å². The Morgan fingerprint density at radius 3 is 2.37 bits per heavy atom. The fraction of sp³-hybridized carbons (Fsp3) is 0.500. The maximum Gasteiger partial charge on any atom is 0.330 e. The molecular formula is C22H32N4O4. The number of amides is 1. The summed E-state index contributed by atoms with van der Waals surface area (Å²) in [6, 6.07) is 5.58. The lowest BCUT2D eigenvalue weighted by Crippen LogP contribution is -2.44. The third-order valence-corrected chi connectivity index (χ3v) is 4.72. The van der Waals surface area contributed by atoms with Gasteiger partial charge in [-0.25, -0.2) is 4.79 Å². The molecule has 0 aliphatic carbocycles. The highest BCUT2D eigenvalue weighted by Crippen LogP contribution is 2.21. The van der Waals surface area contributed by atoms with Gasteiger partial charge in [0.2, 0.25) is 0 Å². The molecule has 8 heteroatoms. The smallest absolute Gasteiger partial charge is 0.330 e. The zero-order valence-corrected chi connectivity index (χ0v) is 18.6. The van der Waals surface area contributed by atoms with Crippen molar-refractivity contribution in [2.75, 3.05) is 23.8 Å². The summed E-state index contributed by atoms with van der Waals surface area (Å²) in [7, 11) is 0. The van der Waals surface area contributed by atoms with Gasteiger partial charge in [-0.3, -0.25) is 19.1 Å². The SMILES string of the molecule is Cc1ccc(OCC(=O)N(CC(C)C)c2c(N)n(CC(C)C)c(=O)[nH]c2=O)cc1C. The van der Waals surface area contributed by atoms with Gasteiger partial charge >= 0.3 is 5.69 Å². The zero-order chi connectivity index (χ0) is 22.6. The molecule has 0 saturated heterocycles. The van der Waals surface area contributed by atoms with Gasteiger partial charge in [-0.15, -0.1) is 0 Å². The molecule has 0 atom stereocenters. The number of aryl methyl sites for hydroxylation is 2. The predicted octanol–water partition coefficient (Wildman–Crippen LogP) is 2.46. The molecule has 30 heavy (non-hydrogen) atoms. The van der Waals surface area contributed by atoms with Gasteiger partial charge in [0.1, 0.15) is 11.6 Å². The number of nitrogens with one attached hydrogen (secondary N) is 1. The van der Waals surface area contributed by atoms with E-state index in [1.807, 2.05) is 53.7 Å². The molecule has 0 radical (unpaired) electrons. The molecule has 0 aliphatic heterocycles. The first kappa shape index (κ1) is 23.3. The van der Waals surface area contributed by atoms with Crippen LogP contribution in [0, 0.1) is 25.7 Å². The van der Waals surface area contributed by atoms with Crippen molar-refractivity contribution in [1.29, 1.82) is 0 Å². The number of nitrogen functional groups attached to an aromatic ring is 1. The second-order valence-corrected chi connectivity index (χ2v) is 8.43. The molecule has 0 unspecified atom stereocenters. The number of hydrogen-bond donors (Lipinski definition) is 2. The molecule has 0 spiro atoms. The van der Waals surface area contributed by atoms with Gasteiger partial charge in [-0.2, -0.15) is 0 Å². The van der Waals surface area contributed by atoms with Crippen LogP contribution in [0.2, 0.25) is 0 Å². The van der Waals surface area contributed by atoms with Crippen LogP contribution >= 0.6 is 0 Å². The molecule has 1 aromatic carbocycles. The van der Waals surface area contributed by atoms with Crippen LogP contribution < -0.4 is 26.6 Å². The van der Waals surface area contributed by atoms with E-state index in [9.17, 15) is 14.4 Å². The van der Waals surface area contributed by atoms with E-state index >= 15 is 0 Å². The second kappa shape index (κ2) is 9.65. The standard InChI is InChI=1S/C22H32N4O4/c1-13(2)10-25(18(27)12-30-17-8-7-15(5)16(6)9-17)19-20(23)26(11-14(3)4)22(29)24-21(19)28/h7-9,13-14H,10-12,23H2,1-6H3,(H,24,28,29). The second-order valence-electron chi connectivity index (χ2n) is 8.43. The Morgan fingerprint density at radius 1 is 1.13 bits per heavy atom. The molecule has 2 aromatic rings. The van der Waals surface area contributed by atoms with Gasteiger partial charge in [0.25, 0.3) is 11.5 Å². The van der Waals surface area contributed by atoms with E-state index in [-0.39, 0.29) is 36.5 Å². The van der Waals surface area contributed by atoms with Crippen molar-refractivity contribution in [3.05, 3.63) is 50.2 Å². The number of ether oxygens (including phenoxy) is 1. The van der Waals surface area contributed by atoms with Crippen LogP contribution in [-0.2, 0) is 11.3 Å². The summed E-state index contributed by atoms with van der Waals surface area (Å²) in [5, 5.41) is 0. The van der Waals surface area contributed by atoms with Crippen LogP contribution in [0.1, 0.15) is 38.8 Å². The number of aromatic nitrogens is 2. The maximum atomic E-state index is 13.0. The summed E-state index contributed by atoms with van der Waals surface area (Å²) >= 11 is 0. The van der Waals surface area contributed by atoms with Crippen LogP contribution in [-0.4, -0.2) is 28.6 Å². The van der Waals surface area contributed by atoms with Crippen molar-refractivity contribution < 1.29 is 9.53 Å². The number of nitrogens with two attached hydrogens (primary N) is 1. The van der Waals surface area contributed by atoms with Crippen molar-refractivity contribution in [2.24, 2.45) is 11.8 Å². The Balaban J connectivity index is 2.39. The first-order valence-corrected chi connectivity index (χ1v) is 10.1. The van der Waals surface area contributed by atoms with E-state index in [1.165, 1.54) is 9.47 Å². The van der Waals surface area contributed by atoms with E-state index < -0.39 is 17.2 Å². The number of aromatic amines is 1. The van der Waals surface area contributed by atoms with Crippen LogP contribution in [0.5, 0.6) is 5.75 Å². The molecule has 0 bridgehead atoms. The highest BCUT2D eigenvalue weighted by atomic mass is 16.5. The molecule has 8 nitrogen and oxygen atoms in total. The van der Waals surface area contributed by atoms with Gasteiger partial charge < -0.3 is 15.4 Å². The summed E-state index contributed by atoms with van der Waals surface area (Å²) in [5.41, 5.74) is 7.10. The Hall–Kier alpha value is -3.03. The number of H-pyrrole nitrogens is 1. The number of nitrogens with zero attached hydrogens (tertiary/aromatic N) is 2. The Kier molecular flexibility index (Phi) is 7.48. The summed E-state index contributed by atoms with van der Waals surface area (Å²) in [6.45, 7) is 12.0. The molecular weight excluding hydrogens is 384 g/mol. The van der Waals surface area contributed by atoms with E-state index in [2.05, 4.69) is 4.98 Å². The van der Waals surface area contributed by atoms with Crippen LogP contribution in [0.15, 0.2) is 27.8 Å². The summed E-state index contributed by atoms with van der Waals surface area (Å²) in [5.74, 6) is 0.347. The number of hydrogen-bond acceptors (Lipinski definition) is 5. The minimum Gasteiger partial charge on any atom is -0.484 e. The molecule has 164 valence electrons. The third-order valence-electron chi connectivity index (χ3n) is 4.72. The average Bonchev–Trinajstić information content (AvgIpc) is 2.64. The Morgan fingerprint density at radius 2 is 1.80 bits per heavy atom. The van der Waals surface area contributed by atoms with Crippen molar-refractivity contribution in [2.45, 2.75) is 48.1 Å². The van der Waals surface area contributed by atoms with Crippen molar-refractivity contribution in [1.82, 2.24) is 9.55 Å². The minimum atomic E-state index is -0.683. The van der Waals surface area contributed by atoms with Crippen LogP contribution in [0.4, 0.5) is 11.5 Å². The van der Waals surface area contributed by atoms with Gasteiger partial charge in [0, 0.05) is 13.1 Å². The van der Waals surface area contributed by atoms with Gasteiger partial charge in [0.05, 0.1) is 0 Å². The van der Waals surface area contributed by atoms with Gasteiger partial charge in [-0.1, -0.05) is 33.8 Å². The zero-order valence-electron chi connectivity index (χ0n) is 18.6. The highest BCUT2D eigenvalue weighted by Gasteiger charge is 2.25. The predicted molar refractivity (Wildman–Crippen MR) is 119 cm³/mol. The van der Waals surface area contributed by atoms with Gasteiger partial charge in [-0.05, 0) is 48.9 Å². The van der Waals surface area contributed by atoms with E-state index in [1.54, 1.807) is 6.07 Å². The molecule has 0 aliphatic rings. The fourth-order valence-corrected chi connectivity index (χ4v) is 3.09. The summed E-state index contributed by atoms with van der Waals surface area (Å²) in [6.07, 6.45) is 0. The first-order valence-electron chi connectivity index (χ1n) is 10.1. The largest absolute Gasteiger partial charge is 0.484 e. The lowest BCUT2D eigenvalue weighted by Gasteiger charge is -2.26. The normalized spacial score (nSPS) is 11.2.